The molecule has 34 heavy (non-hydrogen) atoms. The molecule has 0 N–H and O–H groups in total. The molecule has 0 spiro atoms. The molecule has 7 nitrogen and oxygen atoms in total. The van der Waals surface area contributed by atoms with E-state index in [2.05, 4.69) is 40.8 Å². The van der Waals surface area contributed by atoms with E-state index in [0.717, 1.165) is 60.3 Å². The van der Waals surface area contributed by atoms with Crippen LogP contribution in [0.5, 0.6) is 0 Å². The van der Waals surface area contributed by atoms with Crippen molar-refractivity contribution in [3.05, 3.63) is 64.5 Å². The van der Waals surface area contributed by atoms with Crippen molar-refractivity contribution in [1.82, 2.24) is 23.7 Å². The van der Waals surface area contributed by atoms with Crippen LogP contribution in [0.2, 0.25) is 0 Å². The molecule has 1 aliphatic carbocycles. The lowest BCUT2D eigenvalue weighted by Gasteiger charge is -2.47. The van der Waals surface area contributed by atoms with E-state index in [1.54, 1.807) is 10.5 Å². The molecule has 4 aromatic rings. The third kappa shape index (κ3) is 3.59. The zero-order valence-electron chi connectivity index (χ0n) is 20.2. The van der Waals surface area contributed by atoms with Gasteiger partial charge in [-0.3, -0.25) is 14.1 Å². The van der Waals surface area contributed by atoms with E-state index in [-0.39, 0.29) is 5.56 Å². The zero-order chi connectivity index (χ0) is 23.4. The fourth-order valence-corrected chi connectivity index (χ4v) is 5.59. The molecule has 0 bridgehead atoms. The normalized spacial score (nSPS) is 19.7. The van der Waals surface area contributed by atoms with E-state index in [0.29, 0.717) is 17.4 Å². The predicted octanol–water partition coefficient (Wildman–Crippen LogP) is 3.94. The first-order valence-corrected chi connectivity index (χ1v) is 12.5. The highest BCUT2D eigenvalue weighted by atomic mass is 16.1. The van der Waals surface area contributed by atoms with Crippen LogP contribution in [0.1, 0.15) is 44.4 Å². The third-order valence-electron chi connectivity index (χ3n) is 7.66. The summed E-state index contributed by atoms with van der Waals surface area (Å²) in [5.41, 5.74) is 6.45. The SMILES string of the molecule is CCc1cc(-c2cc(=O)n3cc(N4CCN(C5CCC5)[C@@H](C)C4)ccc3n2)cn2cc(C)nc12. The van der Waals surface area contributed by atoms with Gasteiger partial charge in [0, 0.05) is 61.9 Å². The minimum atomic E-state index is -0.0528. The van der Waals surface area contributed by atoms with Crippen molar-refractivity contribution in [1.29, 1.82) is 0 Å². The van der Waals surface area contributed by atoms with Gasteiger partial charge in [-0.2, -0.15) is 0 Å². The van der Waals surface area contributed by atoms with Crippen LogP contribution in [0.4, 0.5) is 5.69 Å². The molecule has 2 fully saturated rings. The molecular weight excluding hydrogens is 424 g/mol. The third-order valence-corrected chi connectivity index (χ3v) is 7.66. The van der Waals surface area contributed by atoms with Gasteiger partial charge in [-0.25, -0.2) is 9.97 Å². The molecule has 6 rings (SSSR count). The predicted molar refractivity (Wildman–Crippen MR) is 136 cm³/mol. The Hall–Kier alpha value is -3.19. The van der Waals surface area contributed by atoms with E-state index in [1.165, 1.54) is 19.3 Å². The average Bonchev–Trinajstić information content (AvgIpc) is 3.18. The highest BCUT2D eigenvalue weighted by molar-refractivity contribution is 5.66. The second-order valence-electron chi connectivity index (χ2n) is 9.93. The number of imidazole rings is 1. The smallest absolute Gasteiger partial charge is 0.258 e. The lowest BCUT2D eigenvalue weighted by molar-refractivity contribution is 0.0775. The molecule has 0 amide bonds. The van der Waals surface area contributed by atoms with Crippen LogP contribution < -0.4 is 10.5 Å². The Morgan fingerprint density at radius 1 is 1.06 bits per heavy atom. The van der Waals surface area contributed by atoms with Crippen LogP contribution in [-0.2, 0) is 6.42 Å². The Morgan fingerprint density at radius 3 is 2.65 bits per heavy atom. The van der Waals surface area contributed by atoms with Crippen molar-refractivity contribution in [3.8, 4) is 11.3 Å². The Bertz CT molecular complexity index is 1430. The summed E-state index contributed by atoms with van der Waals surface area (Å²) in [5.74, 6) is 0. The van der Waals surface area contributed by atoms with Crippen LogP contribution in [0, 0.1) is 6.92 Å². The van der Waals surface area contributed by atoms with Crippen molar-refractivity contribution in [3.63, 3.8) is 0 Å². The van der Waals surface area contributed by atoms with E-state index in [1.807, 2.05) is 36.0 Å². The average molecular weight is 457 g/mol. The number of hydrogen-bond donors (Lipinski definition) is 0. The maximum Gasteiger partial charge on any atom is 0.258 e. The molecule has 7 heteroatoms. The Balaban J connectivity index is 1.32. The molecule has 1 atom stereocenters. The number of nitrogens with zero attached hydrogens (tertiary/aromatic N) is 6. The van der Waals surface area contributed by atoms with Crippen LogP contribution in [-0.4, -0.2) is 55.4 Å². The number of fused-ring (bicyclic) bond motifs is 2. The number of anilines is 1. The highest BCUT2D eigenvalue weighted by Crippen LogP contribution is 2.29. The monoisotopic (exact) mass is 456 g/mol. The minimum absolute atomic E-state index is 0.0528. The first-order valence-electron chi connectivity index (χ1n) is 12.5. The maximum atomic E-state index is 13.2. The number of rotatable bonds is 4. The van der Waals surface area contributed by atoms with E-state index in [9.17, 15) is 4.79 Å². The van der Waals surface area contributed by atoms with Gasteiger partial charge in [-0.05, 0) is 56.9 Å². The molecule has 176 valence electrons. The number of aromatic nitrogens is 4. The number of piperazine rings is 1. The van der Waals surface area contributed by atoms with Crippen molar-refractivity contribution in [2.24, 2.45) is 0 Å². The quantitative estimate of drug-likeness (QED) is 0.466. The summed E-state index contributed by atoms with van der Waals surface area (Å²) >= 11 is 0. The molecule has 0 unspecified atom stereocenters. The number of aryl methyl sites for hydroxylation is 2. The van der Waals surface area contributed by atoms with Gasteiger partial charge >= 0.3 is 0 Å². The van der Waals surface area contributed by atoms with Gasteiger partial charge in [0.15, 0.2) is 0 Å². The molecule has 2 aliphatic rings. The van der Waals surface area contributed by atoms with Crippen molar-refractivity contribution < 1.29 is 0 Å². The number of pyridine rings is 2. The van der Waals surface area contributed by atoms with Gasteiger partial charge < -0.3 is 9.30 Å². The first-order chi connectivity index (χ1) is 16.5. The van der Waals surface area contributed by atoms with E-state index < -0.39 is 0 Å². The fourth-order valence-electron chi connectivity index (χ4n) is 5.59. The summed E-state index contributed by atoms with van der Waals surface area (Å²) in [7, 11) is 0. The lowest BCUT2D eigenvalue weighted by Crippen LogP contribution is -2.57. The van der Waals surface area contributed by atoms with E-state index in [4.69, 9.17) is 4.98 Å². The zero-order valence-corrected chi connectivity index (χ0v) is 20.2. The van der Waals surface area contributed by atoms with Gasteiger partial charge in [-0.1, -0.05) is 13.3 Å². The van der Waals surface area contributed by atoms with Gasteiger partial charge in [0.2, 0.25) is 0 Å². The Labute approximate surface area is 199 Å². The largest absolute Gasteiger partial charge is 0.367 e. The second-order valence-corrected chi connectivity index (χ2v) is 9.93. The number of hydrogen-bond acceptors (Lipinski definition) is 5. The summed E-state index contributed by atoms with van der Waals surface area (Å²) < 4.78 is 3.73. The van der Waals surface area contributed by atoms with E-state index >= 15 is 0 Å². The van der Waals surface area contributed by atoms with Gasteiger partial charge in [0.1, 0.15) is 11.3 Å². The molecule has 0 aromatic carbocycles. The highest BCUT2D eigenvalue weighted by Gasteiger charge is 2.32. The molecule has 1 saturated carbocycles. The molecular formula is C27H32N6O. The summed E-state index contributed by atoms with van der Waals surface area (Å²) in [4.78, 5) is 27.7. The maximum absolute atomic E-state index is 13.2. The van der Waals surface area contributed by atoms with Crippen molar-refractivity contribution in [2.75, 3.05) is 24.5 Å². The van der Waals surface area contributed by atoms with Crippen molar-refractivity contribution >= 4 is 17.0 Å². The summed E-state index contributed by atoms with van der Waals surface area (Å²) in [6, 6.07) is 9.15. The topological polar surface area (TPSA) is 58.2 Å². The van der Waals surface area contributed by atoms with Crippen LogP contribution in [0.3, 0.4) is 0 Å². The summed E-state index contributed by atoms with van der Waals surface area (Å²) in [6.45, 7) is 9.53. The van der Waals surface area contributed by atoms with Crippen LogP contribution >= 0.6 is 0 Å². The van der Waals surface area contributed by atoms with Crippen molar-refractivity contribution in [2.45, 2.75) is 58.5 Å². The van der Waals surface area contributed by atoms with Crippen LogP contribution in [0.15, 0.2) is 47.7 Å². The Morgan fingerprint density at radius 2 is 1.91 bits per heavy atom. The standard InChI is InChI=1S/C27H32N6O/c1-4-20-12-21(16-31-14-18(2)28-27(20)31)24-13-26(34)33-17-23(8-9-25(33)29-24)30-10-11-32(19(3)15-30)22-6-5-7-22/h8-9,12-14,16-17,19,22H,4-7,10-11,15H2,1-3H3/t19-/m0/s1. The summed E-state index contributed by atoms with van der Waals surface area (Å²) in [6.07, 6.45) is 10.9. The van der Waals surface area contributed by atoms with Gasteiger partial charge in [-0.15, -0.1) is 0 Å². The van der Waals surface area contributed by atoms with Gasteiger partial charge in [0.25, 0.3) is 5.56 Å². The van der Waals surface area contributed by atoms with Gasteiger partial charge in [0.05, 0.1) is 17.1 Å². The van der Waals surface area contributed by atoms with Crippen LogP contribution in [0.25, 0.3) is 22.6 Å². The minimum Gasteiger partial charge on any atom is -0.367 e. The summed E-state index contributed by atoms with van der Waals surface area (Å²) in [5, 5.41) is 0. The molecule has 5 heterocycles. The molecule has 0 radical (unpaired) electrons. The molecule has 4 aromatic heterocycles. The fraction of sp³-hybridized carbons (Fsp3) is 0.444. The second kappa shape index (κ2) is 8.24. The molecule has 1 aliphatic heterocycles. The first kappa shape index (κ1) is 21.4. The molecule has 1 saturated heterocycles. The lowest BCUT2D eigenvalue weighted by atomic mass is 9.89. The Kier molecular flexibility index (Phi) is 5.17.